The van der Waals surface area contributed by atoms with Gasteiger partial charge in [0.25, 0.3) is 0 Å². The number of H-pyrrole nitrogens is 1. The lowest BCUT2D eigenvalue weighted by molar-refractivity contribution is 0.435. The van der Waals surface area contributed by atoms with Crippen molar-refractivity contribution in [1.82, 2.24) is 9.97 Å². The number of nitrogens with zero attached hydrogens (tertiary/aromatic N) is 1. The van der Waals surface area contributed by atoms with Crippen molar-refractivity contribution in [3.63, 3.8) is 0 Å². The number of aromatic amines is 1. The summed E-state index contributed by atoms with van der Waals surface area (Å²) < 4.78 is 0. The summed E-state index contributed by atoms with van der Waals surface area (Å²) in [6.07, 6.45) is 7.56. The van der Waals surface area contributed by atoms with Crippen LogP contribution >= 0.6 is 0 Å². The molecule has 2 heterocycles. The van der Waals surface area contributed by atoms with Gasteiger partial charge in [-0.3, -0.25) is 4.98 Å². The lowest BCUT2D eigenvalue weighted by Gasteiger charge is -2.13. The maximum Gasteiger partial charge on any atom is 0.117 e. The number of pyridine rings is 1. The number of allylic oxidation sites excluding steroid dienone is 2. The molecule has 22 heavy (non-hydrogen) atoms. The summed E-state index contributed by atoms with van der Waals surface area (Å²) in [4.78, 5) is 7.73. The molecular formula is C19H26N2O. The highest BCUT2D eigenvalue weighted by Crippen LogP contribution is 2.32. The molecule has 1 aliphatic carbocycles. The van der Waals surface area contributed by atoms with Crippen LogP contribution in [0.15, 0.2) is 29.7 Å². The van der Waals surface area contributed by atoms with Crippen molar-refractivity contribution in [2.45, 2.75) is 47.5 Å². The number of rotatable bonds is 2. The van der Waals surface area contributed by atoms with Crippen LogP contribution in [0.25, 0.3) is 17.0 Å². The van der Waals surface area contributed by atoms with Gasteiger partial charge in [0, 0.05) is 23.4 Å². The Bertz CT molecular complexity index is 722. The van der Waals surface area contributed by atoms with Gasteiger partial charge in [-0.2, -0.15) is 0 Å². The molecule has 1 atom stereocenters. The Morgan fingerprint density at radius 1 is 1.32 bits per heavy atom. The normalized spacial score (nSPS) is 15.1. The average Bonchev–Trinajstić information content (AvgIpc) is 2.77. The fourth-order valence-corrected chi connectivity index (χ4v) is 2.86. The molecule has 0 radical (unpaired) electrons. The Morgan fingerprint density at radius 2 is 2.05 bits per heavy atom. The number of aryl methyl sites for hydroxylation is 1. The highest BCUT2D eigenvalue weighted by atomic mass is 16.3. The number of hydrogen-bond acceptors (Lipinski definition) is 2. The Balaban J connectivity index is 0.000000847. The fourth-order valence-electron chi connectivity index (χ4n) is 2.86. The summed E-state index contributed by atoms with van der Waals surface area (Å²) in [5, 5.41) is 11.3. The molecule has 0 saturated carbocycles. The SMILES string of the molecule is CC.CCC(C)C1=CC(O)=Cc2[nH]c3c(C)nccc3c2C1. The summed E-state index contributed by atoms with van der Waals surface area (Å²) in [6, 6.07) is 2.06. The van der Waals surface area contributed by atoms with E-state index in [1.807, 2.05) is 39.1 Å². The Morgan fingerprint density at radius 3 is 2.73 bits per heavy atom. The highest BCUT2D eigenvalue weighted by Gasteiger charge is 2.19. The van der Waals surface area contributed by atoms with Crippen LogP contribution in [0.5, 0.6) is 0 Å². The molecule has 2 aromatic heterocycles. The molecule has 3 rings (SSSR count). The van der Waals surface area contributed by atoms with E-state index in [1.165, 1.54) is 16.5 Å². The molecule has 0 spiro atoms. The zero-order valence-electron chi connectivity index (χ0n) is 14.2. The predicted octanol–water partition coefficient (Wildman–Crippen LogP) is 5.33. The van der Waals surface area contributed by atoms with E-state index in [-0.39, 0.29) is 0 Å². The monoisotopic (exact) mass is 298 g/mol. The maximum atomic E-state index is 10.1. The second-order valence-electron chi connectivity index (χ2n) is 5.61. The van der Waals surface area contributed by atoms with Crippen molar-refractivity contribution in [2.75, 3.05) is 0 Å². The van der Waals surface area contributed by atoms with Gasteiger partial charge in [0.1, 0.15) is 5.76 Å². The zero-order chi connectivity index (χ0) is 16.3. The van der Waals surface area contributed by atoms with Crippen LogP contribution in [0, 0.1) is 12.8 Å². The van der Waals surface area contributed by atoms with Crippen LogP contribution in [0.3, 0.4) is 0 Å². The molecule has 2 N–H and O–H groups in total. The number of aromatic nitrogens is 2. The van der Waals surface area contributed by atoms with Crippen LogP contribution in [0.4, 0.5) is 0 Å². The largest absolute Gasteiger partial charge is 0.508 e. The third kappa shape index (κ3) is 2.94. The third-order valence-electron chi connectivity index (χ3n) is 4.30. The predicted molar refractivity (Wildman–Crippen MR) is 94.0 cm³/mol. The number of nitrogens with one attached hydrogen (secondary N) is 1. The molecule has 0 fully saturated rings. The third-order valence-corrected chi connectivity index (χ3v) is 4.30. The van der Waals surface area contributed by atoms with E-state index in [9.17, 15) is 5.11 Å². The first-order chi connectivity index (χ1) is 10.6. The summed E-state index contributed by atoms with van der Waals surface area (Å²) in [7, 11) is 0. The number of aliphatic hydroxyl groups is 1. The van der Waals surface area contributed by atoms with Crippen molar-refractivity contribution in [3.05, 3.63) is 46.6 Å². The van der Waals surface area contributed by atoms with Gasteiger partial charge in [-0.05, 0) is 43.4 Å². The van der Waals surface area contributed by atoms with Gasteiger partial charge in [0.15, 0.2) is 0 Å². The molecule has 118 valence electrons. The van der Waals surface area contributed by atoms with Crippen LogP contribution in [-0.4, -0.2) is 15.1 Å². The van der Waals surface area contributed by atoms with Gasteiger partial charge in [-0.15, -0.1) is 0 Å². The highest BCUT2D eigenvalue weighted by molar-refractivity contribution is 5.89. The Kier molecular flexibility index (Phi) is 5.07. The van der Waals surface area contributed by atoms with Gasteiger partial charge in [-0.25, -0.2) is 0 Å². The quantitative estimate of drug-likeness (QED) is 0.787. The molecule has 0 aliphatic heterocycles. The lowest BCUT2D eigenvalue weighted by atomic mass is 9.92. The molecule has 1 unspecified atom stereocenters. The smallest absolute Gasteiger partial charge is 0.117 e. The van der Waals surface area contributed by atoms with E-state index in [2.05, 4.69) is 29.9 Å². The van der Waals surface area contributed by atoms with Crippen LogP contribution in [0.2, 0.25) is 0 Å². The summed E-state index contributed by atoms with van der Waals surface area (Å²) in [6.45, 7) is 10.4. The lowest BCUT2D eigenvalue weighted by Crippen LogP contribution is -2.01. The fraction of sp³-hybridized carbons (Fsp3) is 0.421. The second-order valence-corrected chi connectivity index (χ2v) is 5.61. The molecule has 0 saturated heterocycles. The van der Waals surface area contributed by atoms with E-state index < -0.39 is 0 Å². The van der Waals surface area contributed by atoms with Crippen molar-refractivity contribution >= 4 is 17.0 Å². The van der Waals surface area contributed by atoms with Gasteiger partial charge in [-0.1, -0.05) is 33.3 Å². The van der Waals surface area contributed by atoms with E-state index in [0.29, 0.717) is 11.7 Å². The van der Waals surface area contributed by atoms with Gasteiger partial charge in [0.2, 0.25) is 0 Å². The van der Waals surface area contributed by atoms with Crippen molar-refractivity contribution in [3.8, 4) is 0 Å². The summed E-state index contributed by atoms with van der Waals surface area (Å²) >= 11 is 0. The van der Waals surface area contributed by atoms with E-state index in [0.717, 1.165) is 29.7 Å². The topological polar surface area (TPSA) is 48.9 Å². The minimum absolute atomic E-state index is 0.330. The summed E-state index contributed by atoms with van der Waals surface area (Å²) in [5.74, 6) is 0.806. The van der Waals surface area contributed by atoms with Gasteiger partial charge in [0.05, 0.1) is 11.2 Å². The number of hydrogen-bond donors (Lipinski definition) is 2. The first-order valence-electron chi connectivity index (χ1n) is 8.17. The molecule has 2 aromatic rings. The molecule has 1 aliphatic rings. The minimum atomic E-state index is 0.330. The Hall–Kier alpha value is -2.03. The van der Waals surface area contributed by atoms with Gasteiger partial charge < -0.3 is 10.1 Å². The second kappa shape index (κ2) is 6.82. The summed E-state index contributed by atoms with van der Waals surface area (Å²) in [5.41, 5.74) is 5.63. The Labute approximate surface area is 132 Å². The van der Waals surface area contributed by atoms with E-state index in [1.54, 1.807) is 0 Å². The minimum Gasteiger partial charge on any atom is -0.508 e. The van der Waals surface area contributed by atoms with Crippen LogP contribution in [0.1, 0.15) is 51.1 Å². The molecule has 0 aromatic carbocycles. The molecular weight excluding hydrogens is 272 g/mol. The first-order valence-corrected chi connectivity index (χ1v) is 8.17. The van der Waals surface area contributed by atoms with Crippen LogP contribution in [-0.2, 0) is 6.42 Å². The standard InChI is InChI=1S/C17H20N2O.C2H6/c1-4-10(2)12-7-13(20)9-16-15(8-12)14-5-6-18-11(3)17(14)19-16;1-2/h5-7,9-10,19-20H,4,8H2,1-3H3;1-2H3. The average molecular weight is 298 g/mol. The van der Waals surface area contributed by atoms with E-state index >= 15 is 0 Å². The molecule has 3 nitrogen and oxygen atoms in total. The van der Waals surface area contributed by atoms with Crippen molar-refractivity contribution in [1.29, 1.82) is 0 Å². The zero-order valence-corrected chi connectivity index (χ0v) is 14.2. The van der Waals surface area contributed by atoms with E-state index in [4.69, 9.17) is 0 Å². The van der Waals surface area contributed by atoms with Crippen LogP contribution < -0.4 is 0 Å². The number of aliphatic hydroxyl groups excluding tert-OH is 1. The number of fused-ring (bicyclic) bond motifs is 3. The van der Waals surface area contributed by atoms with Crippen molar-refractivity contribution in [2.24, 2.45) is 5.92 Å². The molecule has 0 amide bonds. The maximum absolute atomic E-state index is 10.1. The molecule has 3 heteroatoms. The first kappa shape index (κ1) is 16.3. The molecule has 0 bridgehead atoms. The van der Waals surface area contributed by atoms with Gasteiger partial charge >= 0.3 is 0 Å². The van der Waals surface area contributed by atoms with Crippen molar-refractivity contribution < 1.29 is 5.11 Å².